The second-order valence-corrected chi connectivity index (χ2v) is 7.55. The van der Waals surface area contributed by atoms with Crippen LogP contribution in [0.5, 0.6) is 5.75 Å². The fourth-order valence-electron chi connectivity index (χ4n) is 2.62. The highest BCUT2D eigenvalue weighted by molar-refractivity contribution is 7.89. The zero-order valence-corrected chi connectivity index (χ0v) is 14.0. The van der Waals surface area contributed by atoms with Gasteiger partial charge in [-0.1, -0.05) is 0 Å². The molecule has 1 atom stereocenters. The number of piperidine rings is 1. The van der Waals surface area contributed by atoms with Crippen molar-refractivity contribution in [2.24, 2.45) is 5.92 Å². The normalized spacial score (nSPS) is 19.7. The second-order valence-electron chi connectivity index (χ2n) is 5.61. The lowest BCUT2D eigenvalue weighted by molar-refractivity contribution is -0.134. The summed E-state index contributed by atoms with van der Waals surface area (Å²) in [6, 6.07) is 6.32. The van der Waals surface area contributed by atoms with E-state index in [1.54, 1.807) is 26.2 Å². The van der Waals surface area contributed by atoms with Gasteiger partial charge >= 0.3 is 0 Å². The number of carbonyl (C=O) groups is 1. The largest absolute Gasteiger partial charge is 0.497 e. The number of methoxy groups -OCH3 is 1. The van der Waals surface area contributed by atoms with Gasteiger partial charge in [-0.25, -0.2) is 8.42 Å². The number of benzene rings is 1. The predicted molar refractivity (Wildman–Crippen MR) is 83.2 cm³/mol. The number of nitrogens with zero attached hydrogens (tertiary/aromatic N) is 2. The average molecular weight is 326 g/mol. The van der Waals surface area contributed by atoms with Gasteiger partial charge in [0.1, 0.15) is 5.75 Å². The van der Waals surface area contributed by atoms with Gasteiger partial charge in [0.25, 0.3) is 0 Å². The number of hydrogen-bond acceptors (Lipinski definition) is 4. The number of sulfonamides is 1. The van der Waals surface area contributed by atoms with E-state index in [4.69, 9.17) is 4.74 Å². The van der Waals surface area contributed by atoms with E-state index in [2.05, 4.69) is 0 Å². The Hall–Kier alpha value is -1.60. The van der Waals surface area contributed by atoms with Gasteiger partial charge in [-0.3, -0.25) is 4.79 Å². The van der Waals surface area contributed by atoms with Gasteiger partial charge in [-0.2, -0.15) is 4.31 Å². The molecular weight excluding hydrogens is 304 g/mol. The van der Waals surface area contributed by atoms with Crippen LogP contribution in [0.4, 0.5) is 0 Å². The van der Waals surface area contributed by atoms with Crippen molar-refractivity contribution in [3.8, 4) is 5.75 Å². The maximum absolute atomic E-state index is 12.7. The molecule has 0 radical (unpaired) electrons. The molecule has 0 aromatic heterocycles. The zero-order chi connectivity index (χ0) is 16.3. The van der Waals surface area contributed by atoms with E-state index in [0.29, 0.717) is 18.7 Å². The van der Waals surface area contributed by atoms with Gasteiger partial charge in [0.05, 0.1) is 17.9 Å². The van der Waals surface area contributed by atoms with E-state index in [0.717, 1.165) is 6.42 Å². The molecule has 0 spiro atoms. The Bertz CT molecular complexity index is 625. The third kappa shape index (κ3) is 3.41. The second kappa shape index (κ2) is 6.66. The van der Waals surface area contributed by atoms with Gasteiger partial charge in [0.2, 0.25) is 15.9 Å². The fourth-order valence-corrected chi connectivity index (χ4v) is 4.15. The molecule has 1 aromatic rings. The number of rotatable bonds is 4. The van der Waals surface area contributed by atoms with Gasteiger partial charge in [0.15, 0.2) is 0 Å². The minimum Gasteiger partial charge on any atom is -0.497 e. The van der Waals surface area contributed by atoms with E-state index >= 15 is 0 Å². The van der Waals surface area contributed by atoms with Gasteiger partial charge in [-0.05, 0) is 37.1 Å². The van der Waals surface area contributed by atoms with E-state index in [-0.39, 0.29) is 23.3 Å². The monoisotopic (exact) mass is 326 g/mol. The predicted octanol–water partition coefficient (Wildman–Crippen LogP) is 1.18. The SMILES string of the molecule is COc1ccc(S(=O)(=O)N2CCC[C@@H](C(=O)N(C)C)C2)cc1. The van der Waals surface area contributed by atoms with Crippen LogP contribution in [-0.4, -0.2) is 57.8 Å². The molecule has 1 amide bonds. The van der Waals surface area contributed by atoms with Crippen LogP contribution >= 0.6 is 0 Å². The number of hydrogen-bond donors (Lipinski definition) is 0. The van der Waals surface area contributed by atoms with Crippen molar-refractivity contribution < 1.29 is 17.9 Å². The van der Waals surface area contributed by atoms with E-state index in [1.807, 2.05) is 0 Å². The molecule has 1 heterocycles. The molecule has 6 nitrogen and oxygen atoms in total. The quantitative estimate of drug-likeness (QED) is 0.833. The molecule has 0 aliphatic carbocycles. The van der Waals surface area contributed by atoms with Crippen LogP contribution in [0.25, 0.3) is 0 Å². The van der Waals surface area contributed by atoms with Crippen molar-refractivity contribution in [2.75, 3.05) is 34.3 Å². The first-order valence-corrected chi connectivity index (χ1v) is 8.65. The minimum absolute atomic E-state index is 0.0189. The molecule has 7 heteroatoms. The van der Waals surface area contributed by atoms with Crippen molar-refractivity contribution in [3.63, 3.8) is 0 Å². The summed E-state index contributed by atoms with van der Waals surface area (Å²) in [6.07, 6.45) is 1.42. The van der Waals surface area contributed by atoms with Crippen LogP contribution in [0, 0.1) is 5.92 Å². The van der Waals surface area contributed by atoms with Crippen LogP contribution in [0.1, 0.15) is 12.8 Å². The summed E-state index contributed by atoms with van der Waals surface area (Å²) in [4.78, 5) is 13.8. The van der Waals surface area contributed by atoms with Crippen LogP contribution in [0.15, 0.2) is 29.2 Å². The summed E-state index contributed by atoms with van der Waals surface area (Å²) in [7, 11) is 1.35. The molecule has 1 aliphatic rings. The maximum Gasteiger partial charge on any atom is 0.243 e. The summed E-state index contributed by atoms with van der Waals surface area (Å²) in [5.74, 6) is 0.324. The molecular formula is C15H22N2O4S. The Morgan fingerprint density at radius 2 is 1.91 bits per heavy atom. The molecule has 0 unspecified atom stereocenters. The molecule has 0 N–H and O–H groups in total. The van der Waals surface area contributed by atoms with E-state index < -0.39 is 10.0 Å². The zero-order valence-electron chi connectivity index (χ0n) is 13.2. The average Bonchev–Trinajstić information content (AvgIpc) is 2.54. The summed E-state index contributed by atoms with van der Waals surface area (Å²) in [5.41, 5.74) is 0. The van der Waals surface area contributed by atoms with Gasteiger partial charge in [0, 0.05) is 27.2 Å². The van der Waals surface area contributed by atoms with Crippen molar-refractivity contribution in [3.05, 3.63) is 24.3 Å². The molecule has 2 rings (SSSR count). The number of carbonyl (C=O) groups excluding carboxylic acids is 1. The van der Waals surface area contributed by atoms with Crippen molar-refractivity contribution in [2.45, 2.75) is 17.7 Å². The summed E-state index contributed by atoms with van der Waals surface area (Å²) >= 11 is 0. The molecule has 122 valence electrons. The van der Waals surface area contributed by atoms with E-state index in [1.165, 1.54) is 28.4 Å². The molecule has 1 fully saturated rings. The van der Waals surface area contributed by atoms with Crippen LogP contribution in [0.3, 0.4) is 0 Å². The third-order valence-electron chi connectivity index (χ3n) is 3.87. The molecule has 1 saturated heterocycles. The first-order chi connectivity index (χ1) is 10.4. The summed E-state index contributed by atoms with van der Waals surface area (Å²) in [6.45, 7) is 0.691. The Morgan fingerprint density at radius 3 is 2.45 bits per heavy atom. The Morgan fingerprint density at radius 1 is 1.27 bits per heavy atom. The summed E-state index contributed by atoms with van der Waals surface area (Å²) < 4.78 is 31.8. The first kappa shape index (κ1) is 16.8. The Labute approximate surface area is 131 Å². The van der Waals surface area contributed by atoms with Crippen LogP contribution in [0.2, 0.25) is 0 Å². The van der Waals surface area contributed by atoms with Crippen LogP contribution in [-0.2, 0) is 14.8 Å². The van der Waals surface area contributed by atoms with Crippen molar-refractivity contribution in [1.82, 2.24) is 9.21 Å². The standard InChI is InChI=1S/C15H22N2O4S/c1-16(2)15(18)12-5-4-10-17(11-12)22(19,20)14-8-6-13(21-3)7-9-14/h6-9,12H,4-5,10-11H2,1-3H3/t12-/m1/s1. The smallest absolute Gasteiger partial charge is 0.243 e. The lowest BCUT2D eigenvalue weighted by Gasteiger charge is -2.32. The lowest BCUT2D eigenvalue weighted by atomic mass is 9.98. The van der Waals surface area contributed by atoms with Gasteiger partial charge in [-0.15, -0.1) is 0 Å². The number of ether oxygens (including phenoxy) is 1. The van der Waals surface area contributed by atoms with Crippen molar-refractivity contribution in [1.29, 1.82) is 0 Å². The summed E-state index contributed by atoms with van der Waals surface area (Å²) in [5, 5.41) is 0. The highest BCUT2D eigenvalue weighted by Gasteiger charge is 2.33. The topological polar surface area (TPSA) is 66.9 Å². The number of amides is 1. The molecule has 1 aliphatic heterocycles. The van der Waals surface area contributed by atoms with Crippen LogP contribution < -0.4 is 4.74 Å². The van der Waals surface area contributed by atoms with Gasteiger partial charge < -0.3 is 9.64 Å². The highest BCUT2D eigenvalue weighted by atomic mass is 32.2. The molecule has 22 heavy (non-hydrogen) atoms. The first-order valence-electron chi connectivity index (χ1n) is 7.21. The highest BCUT2D eigenvalue weighted by Crippen LogP contribution is 2.25. The maximum atomic E-state index is 12.7. The molecule has 0 saturated carbocycles. The lowest BCUT2D eigenvalue weighted by Crippen LogP contribution is -2.45. The molecule has 0 bridgehead atoms. The van der Waals surface area contributed by atoms with E-state index in [9.17, 15) is 13.2 Å². The fraction of sp³-hybridized carbons (Fsp3) is 0.533. The Balaban J connectivity index is 2.19. The third-order valence-corrected chi connectivity index (χ3v) is 5.75. The van der Waals surface area contributed by atoms with Crippen molar-refractivity contribution >= 4 is 15.9 Å². The molecule has 1 aromatic carbocycles. The Kier molecular flexibility index (Phi) is 5.08. The minimum atomic E-state index is -3.57.